The van der Waals surface area contributed by atoms with Crippen molar-refractivity contribution in [2.45, 2.75) is 37.6 Å². The molecule has 2 aromatic rings. The van der Waals surface area contributed by atoms with Gasteiger partial charge in [-0.25, -0.2) is 9.59 Å². The van der Waals surface area contributed by atoms with Crippen LogP contribution >= 0.6 is 11.8 Å². The summed E-state index contributed by atoms with van der Waals surface area (Å²) in [4.78, 5) is 37.0. The first-order chi connectivity index (χ1) is 17.0. The van der Waals surface area contributed by atoms with Crippen LogP contribution < -0.4 is 10.6 Å². The SMILES string of the molecule is CSCCC(NC(=O)C(CNC(=O)OCC1c2ccccc2-c2ccccc21)CC1CC1)C(=O)O. The van der Waals surface area contributed by atoms with E-state index in [2.05, 4.69) is 34.9 Å². The maximum Gasteiger partial charge on any atom is 0.407 e. The summed E-state index contributed by atoms with van der Waals surface area (Å²) in [6.45, 7) is 0.322. The number of rotatable bonds is 12. The molecular weight excluding hydrogens is 464 g/mol. The Kier molecular flexibility index (Phi) is 8.33. The highest BCUT2D eigenvalue weighted by Crippen LogP contribution is 2.44. The van der Waals surface area contributed by atoms with E-state index in [0.717, 1.165) is 35.1 Å². The van der Waals surface area contributed by atoms with Gasteiger partial charge in [-0.05, 0) is 53.0 Å². The Morgan fingerprint density at radius 1 is 1.06 bits per heavy atom. The van der Waals surface area contributed by atoms with Crippen molar-refractivity contribution in [3.8, 4) is 11.1 Å². The molecule has 0 radical (unpaired) electrons. The van der Waals surface area contributed by atoms with E-state index in [0.29, 0.717) is 24.5 Å². The number of fused-ring (bicyclic) bond motifs is 3. The zero-order chi connectivity index (χ0) is 24.8. The molecule has 186 valence electrons. The number of alkyl carbamates (subject to hydrolysis) is 1. The van der Waals surface area contributed by atoms with Gasteiger partial charge in [-0.3, -0.25) is 4.79 Å². The van der Waals surface area contributed by atoms with Crippen LogP contribution in [0.4, 0.5) is 4.79 Å². The zero-order valence-corrected chi connectivity index (χ0v) is 20.7. The van der Waals surface area contributed by atoms with E-state index in [1.54, 1.807) is 0 Å². The molecule has 2 unspecified atom stereocenters. The number of ether oxygens (including phenoxy) is 1. The molecule has 2 aromatic carbocycles. The van der Waals surface area contributed by atoms with Gasteiger partial charge in [-0.15, -0.1) is 0 Å². The molecule has 1 saturated carbocycles. The van der Waals surface area contributed by atoms with Crippen LogP contribution in [0.15, 0.2) is 48.5 Å². The van der Waals surface area contributed by atoms with Crippen LogP contribution in [0.1, 0.15) is 42.7 Å². The van der Waals surface area contributed by atoms with Crippen molar-refractivity contribution in [1.29, 1.82) is 0 Å². The van der Waals surface area contributed by atoms with E-state index >= 15 is 0 Å². The summed E-state index contributed by atoms with van der Waals surface area (Å²) < 4.78 is 5.58. The van der Waals surface area contributed by atoms with Crippen LogP contribution in [0.3, 0.4) is 0 Å². The summed E-state index contributed by atoms with van der Waals surface area (Å²) in [6, 6.07) is 15.4. The van der Waals surface area contributed by atoms with Crippen LogP contribution in [-0.2, 0) is 14.3 Å². The molecule has 0 heterocycles. The van der Waals surface area contributed by atoms with Crippen molar-refractivity contribution in [3.05, 3.63) is 59.7 Å². The lowest BCUT2D eigenvalue weighted by Gasteiger charge is -2.21. The maximum atomic E-state index is 12.9. The van der Waals surface area contributed by atoms with Gasteiger partial charge in [0, 0.05) is 12.5 Å². The fraction of sp³-hybridized carbons (Fsp3) is 0.444. The number of carboxylic acids is 1. The molecule has 2 atom stereocenters. The van der Waals surface area contributed by atoms with Gasteiger partial charge in [0.25, 0.3) is 0 Å². The molecule has 2 aliphatic rings. The first-order valence-corrected chi connectivity index (χ1v) is 13.5. The summed E-state index contributed by atoms with van der Waals surface area (Å²) in [5.74, 6) is -0.802. The van der Waals surface area contributed by atoms with Crippen molar-refractivity contribution in [2.75, 3.05) is 25.2 Å². The summed E-state index contributed by atoms with van der Waals surface area (Å²) in [5, 5.41) is 14.8. The van der Waals surface area contributed by atoms with Gasteiger partial charge < -0.3 is 20.5 Å². The van der Waals surface area contributed by atoms with E-state index in [1.807, 2.05) is 30.5 Å². The van der Waals surface area contributed by atoms with E-state index in [4.69, 9.17) is 4.74 Å². The lowest BCUT2D eigenvalue weighted by Crippen LogP contribution is -2.46. The van der Waals surface area contributed by atoms with Crippen molar-refractivity contribution in [1.82, 2.24) is 10.6 Å². The van der Waals surface area contributed by atoms with Crippen molar-refractivity contribution < 1.29 is 24.2 Å². The molecule has 8 heteroatoms. The minimum absolute atomic E-state index is 0.0357. The van der Waals surface area contributed by atoms with Crippen LogP contribution in [0, 0.1) is 11.8 Å². The Morgan fingerprint density at radius 3 is 2.26 bits per heavy atom. The lowest BCUT2D eigenvalue weighted by atomic mass is 9.98. The largest absolute Gasteiger partial charge is 0.480 e. The van der Waals surface area contributed by atoms with Gasteiger partial charge in [-0.2, -0.15) is 11.8 Å². The molecule has 4 rings (SSSR count). The fourth-order valence-corrected chi connectivity index (χ4v) is 5.15. The Hall–Kier alpha value is -3.00. The first-order valence-electron chi connectivity index (χ1n) is 12.1. The predicted molar refractivity (Wildman–Crippen MR) is 136 cm³/mol. The molecule has 0 saturated heterocycles. The molecule has 1 fully saturated rings. The zero-order valence-electron chi connectivity index (χ0n) is 19.9. The number of nitrogens with one attached hydrogen (secondary N) is 2. The third-order valence-corrected chi connectivity index (χ3v) is 7.39. The molecule has 0 spiro atoms. The summed E-state index contributed by atoms with van der Waals surface area (Å²) in [5.41, 5.74) is 4.59. The van der Waals surface area contributed by atoms with E-state index < -0.39 is 24.0 Å². The van der Waals surface area contributed by atoms with Crippen molar-refractivity contribution in [2.24, 2.45) is 11.8 Å². The predicted octanol–water partition coefficient (Wildman–Crippen LogP) is 4.26. The number of carbonyl (C=O) groups is 3. The normalized spacial score (nSPS) is 16.0. The van der Waals surface area contributed by atoms with Gasteiger partial charge in [0.1, 0.15) is 12.6 Å². The number of benzene rings is 2. The van der Waals surface area contributed by atoms with Crippen LogP contribution in [0.5, 0.6) is 0 Å². The molecule has 2 aliphatic carbocycles. The van der Waals surface area contributed by atoms with Crippen molar-refractivity contribution >= 4 is 29.7 Å². The molecule has 0 aromatic heterocycles. The highest BCUT2D eigenvalue weighted by atomic mass is 32.2. The molecule has 0 aliphatic heterocycles. The second-order valence-electron chi connectivity index (χ2n) is 9.26. The van der Waals surface area contributed by atoms with Crippen LogP contribution in [-0.4, -0.2) is 54.3 Å². The van der Waals surface area contributed by atoms with Gasteiger partial charge in [-0.1, -0.05) is 61.4 Å². The van der Waals surface area contributed by atoms with E-state index in [-0.39, 0.29) is 25.0 Å². The van der Waals surface area contributed by atoms with Crippen LogP contribution in [0.2, 0.25) is 0 Å². The third-order valence-electron chi connectivity index (χ3n) is 6.75. The highest BCUT2D eigenvalue weighted by molar-refractivity contribution is 7.98. The minimum Gasteiger partial charge on any atom is -0.480 e. The monoisotopic (exact) mass is 496 g/mol. The van der Waals surface area contributed by atoms with E-state index in [1.165, 1.54) is 11.8 Å². The van der Waals surface area contributed by atoms with Gasteiger partial charge >= 0.3 is 12.1 Å². The second-order valence-corrected chi connectivity index (χ2v) is 10.2. The summed E-state index contributed by atoms with van der Waals surface area (Å²) in [6.07, 6.45) is 4.43. The maximum absolute atomic E-state index is 12.9. The topological polar surface area (TPSA) is 105 Å². The first kappa shape index (κ1) is 25.1. The quantitative estimate of drug-likeness (QED) is 0.406. The Balaban J connectivity index is 1.33. The fourth-order valence-electron chi connectivity index (χ4n) is 4.68. The molecule has 0 bridgehead atoms. The average Bonchev–Trinajstić information content (AvgIpc) is 3.63. The molecular formula is C27H32N2O5S. The Bertz CT molecular complexity index is 1030. The molecule has 35 heavy (non-hydrogen) atoms. The van der Waals surface area contributed by atoms with Gasteiger partial charge in [0.05, 0.1) is 5.92 Å². The third kappa shape index (κ3) is 6.36. The molecule has 3 N–H and O–H groups in total. The van der Waals surface area contributed by atoms with E-state index in [9.17, 15) is 19.5 Å². The smallest absolute Gasteiger partial charge is 0.407 e. The molecule has 2 amide bonds. The number of carbonyl (C=O) groups excluding carboxylic acids is 2. The standard InChI is InChI=1S/C27H32N2O5S/c1-35-13-12-24(26(31)32)29-25(30)18(14-17-10-11-17)15-28-27(33)34-16-23-21-8-4-2-6-19(21)20-7-3-5-9-22(20)23/h2-9,17-18,23-24H,10-16H2,1H3,(H,28,33)(H,29,30)(H,31,32). The summed E-state index contributed by atoms with van der Waals surface area (Å²) in [7, 11) is 0. The molecule has 7 nitrogen and oxygen atoms in total. The summed E-state index contributed by atoms with van der Waals surface area (Å²) >= 11 is 1.54. The van der Waals surface area contributed by atoms with Crippen LogP contribution in [0.25, 0.3) is 11.1 Å². The minimum atomic E-state index is -1.04. The number of aliphatic carboxylic acids is 1. The number of hydrogen-bond acceptors (Lipinski definition) is 5. The Morgan fingerprint density at radius 2 is 1.69 bits per heavy atom. The lowest BCUT2D eigenvalue weighted by molar-refractivity contribution is -0.142. The highest BCUT2D eigenvalue weighted by Gasteiger charge is 2.32. The van der Waals surface area contributed by atoms with Gasteiger partial charge in [0.2, 0.25) is 5.91 Å². The number of amides is 2. The number of thioether (sulfide) groups is 1. The second kappa shape index (κ2) is 11.6. The van der Waals surface area contributed by atoms with Gasteiger partial charge in [0.15, 0.2) is 0 Å². The average molecular weight is 497 g/mol. The Labute approximate surface area is 210 Å². The van der Waals surface area contributed by atoms with Crippen molar-refractivity contribution in [3.63, 3.8) is 0 Å². The number of carboxylic acid groups (broad SMARTS) is 1. The number of hydrogen-bond donors (Lipinski definition) is 3.